The zero-order chi connectivity index (χ0) is 12.3. The minimum Gasteiger partial charge on any atom is -0.303 e. The first-order chi connectivity index (χ1) is 8.13. The molecule has 0 bridgehead atoms. The monoisotopic (exact) mass is 271 g/mol. The molecule has 1 heterocycles. The molecule has 0 radical (unpaired) electrons. The Morgan fingerprint density at radius 1 is 1.47 bits per heavy atom. The summed E-state index contributed by atoms with van der Waals surface area (Å²) in [5.41, 5.74) is -0.0875. The van der Waals surface area contributed by atoms with Crippen LogP contribution in [0.2, 0.25) is 4.34 Å². The van der Waals surface area contributed by atoms with Gasteiger partial charge in [-0.25, -0.2) is 0 Å². The third-order valence-corrected chi connectivity index (χ3v) is 4.70. The van der Waals surface area contributed by atoms with Gasteiger partial charge < -0.3 is 9.69 Å². The van der Waals surface area contributed by atoms with E-state index >= 15 is 0 Å². The zero-order valence-corrected chi connectivity index (χ0v) is 11.7. The molecule has 0 spiro atoms. The summed E-state index contributed by atoms with van der Waals surface area (Å²) in [6, 6.07) is 3.99. The van der Waals surface area contributed by atoms with E-state index in [4.69, 9.17) is 11.6 Å². The minimum absolute atomic E-state index is 0.0875. The summed E-state index contributed by atoms with van der Waals surface area (Å²) in [4.78, 5) is 14.8. The van der Waals surface area contributed by atoms with Crippen molar-refractivity contribution in [2.24, 2.45) is 5.41 Å². The quantitative estimate of drug-likeness (QED) is 0.763. The predicted molar refractivity (Wildman–Crippen MR) is 72.6 cm³/mol. The first kappa shape index (κ1) is 13.1. The van der Waals surface area contributed by atoms with Gasteiger partial charge in [-0.3, -0.25) is 0 Å². The molecule has 1 saturated carbocycles. The smallest absolute Gasteiger partial charge is 0.127 e. The number of hydrogen-bond acceptors (Lipinski definition) is 3. The van der Waals surface area contributed by atoms with Crippen molar-refractivity contribution in [2.75, 3.05) is 13.6 Å². The second-order valence-corrected chi connectivity index (χ2v) is 6.87. The molecule has 0 saturated heterocycles. The molecule has 0 unspecified atom stereocenters. The number of hydrogen-bond donors (Lipinski definition) is 0. The number of aldehydes is 1. The topological polar surface area (TPSA) is 20.3 Å². The van der Waals surface area contributed by atoms with Gasteiger partial charge in [0.25, 0.3) is 0 Å². The van der Waals surface area contributed by atoms with Crippen molar-refractivity contribution in [3.63, 3.8) is 0 Å². The number of carbonyl (C=O) groups is 1. The van der Waals surface area contributed by atoms with Crippen molar-refractivity contribution in [3.8, 4) is 0 Å². The summed E-state index contributed by atoms with van der Waals surface area (Å²) >= 11 is 7.53. The van der Waals surface area contributed by atoms with Gasteiger partial charge in [-0.15, -0.1) is 11.3 Å². The molecule has 1 aliphatic rings. The average Bonchev–Trinajstić information content (AvgIpc) is 2.89. The molecule has 1 aromatic heterocycles. The SMILES string of the molecule is CN(Cc1ccc(Cl)s1)CC1(C=O)CCCC1. The van der Waals surface area contributed by atoms with Crippen LogP contribution in [0, 0.1) is 5.41 Å². The van der Waals surface area contributed by atoms with Gasteiger partial charge in [-0.1, -0.05) is 24.4 Å². The van der Waals surface area contributed by atoms with E-state index in [-0.39, 0.29) is 5.41 Å². The Hall–Kier alpha value is -0.380. The third kappa shape index (κ3) is 3.30. The highest BCUT2D eigenvalue weighted by Crippen LogP contribution is 2.37. The van der Waals surface area contributed by atoms with Crippen molar-refractivity contribution in [1.29, 1.82) is 0 Å². The molecule has 2 rings (SSSR count). The molecule has 0 aromatic carbocycles. The Bertz CT molecular complexity index is 385. The molecule has 0 atom stereocenters. The lowest BCUT2D eigenvalue weighted by Gasteiger charge is -2.28. The Morgan fingerprint density at radius 2 is 2.18 bits per heavy atom. The van der Waals surface area contributed by atoms with Crippen molar-refractivity contribution in [3.05, 3.63) is 21.3 Å². The number of halogens is 1. The van der Waals surface area contributed by atoms with Crippen LogP contribution >= 0.6 is 22.9 Å². The van der Waals surface area contributed by atoms with Gasteiger partial charge in [0, 0.05) is 23.4 Å². The van der Waals surface area contributed by atoms with Crippen LogP contribution in [-0.4, -0.2) is 24.8 Å². The van der Waals surface area contributed by atoms with Gasteiger partial charge in [0.15, 0.2) is 0 Å². The molecule has 94 valence electrons. The van der Waals surface area contributed by atoms with Gasteiger partial charge in [0.2, 0.25) is 0 Å². The van der Waals surface area contributed by atoms with Crippen LogP contribution in [-0.2, 0) is 11.3 Å². The summed E-state index contributed by atoms with van der Waals surface area (Å²) in [5, 5.41) is 0. The van der Waals surface area contributed by atoms with E-state index in [1.807, 2.05) is 6.07 Å². The largest absolute Gasteiger partial charge is 0.303 e. The fourth-order valence-electron chi connectivity index (χ4n) is 2.69. The maximum absolute atomic E-state index is 11.3. The van der Waals surface area contributed by atoms with E-state index in [1.165, 1.54) is 24.0 Å². The highest BCUT2D eigenvalue weighted by atomic mass is 35.5. The second kappa shape index (κ2) is 5.51. The van der Waals surface area contributed by atoms with Crippen LogP contribution in [0.3, 0.4) is 0 Å². The molecule has 0 N–H and O–H groups in total. The van der Waals surface area contributed by atoms with Crippen LogP contribution in [0.5, 0.6) is 0 Å². The van der Waals surface area contributed by atoms with E-state index < -0.39 is 0 Å². The molecule has 1 aliphatic carbocycles. The van der Waals surface area contributed by atoms with E-state index in [0.717, 1.165) is 30.3 Å². The van der Waals surface area contributed by atoms with Crippen LogP contribution in [0.1, 0.15) is 30.6 Å². The van der Waals surface area contributed by atoms with Crippen LogP contribution < -0.4 is 0 Å². The fraction of sp³-hybridized carbons (Fsp3) is 0.615. The van der Waals surface area contributed by atoms with E-state index in [9.17, 15) is 4.79 Å². The normalized spacial score (nSPS) is 18.8. The first-order valence-electron chi connectivity index (χ1n) is 6.03. The molecular weight excluding hydrogens is 254 g/mol. The summed E-state index contributed by atoms with van der Waals surface area (Å²) in [6.07, 6.45) is 5.66. The highest BCUT2D eigenvalue weighted by molar-refractivity contribution is 7.16. The molecule has 17 heavy (non-hydrogen) atoms. The lowest BCUT2D eigenvalue weighted by atomic mass is 9.87. The molecule has 4 heteroatoms. The second-order valence-electron chi connectivity index (χ2n) is 5.07. The Labute approximate surface area is 112 Å². The van der Waals surface area contributed by atoms with Gasteiger partial charge >= 0.3 is 0 Å². The lowest BCUT2D eigenvalue weighted by Crippen LogP contribution is -2.34. The highest BCUT2D eigenvalue weighted by Gasteiger charge is 2.34. The van der Waals surface area contributed by atoms with Gasteiger partial charge in [-0.05, 0) is 32.0 Å². The molecule has 0 amide bonds. The minimum atomic E-state index is -0.0875. The number of thiophene rings is 1. The Kier molecular flexibility index (Phi) is 4.23. The molecule has 2 nitrogen and oxygen atoms in total. The summed E-state index contributed by atoms with van der Waals surface area (Å²) in [7, 11) is 2.08. The van der Waals surface area contributed by atoms with E-state index in [0.29, 0.717) is 0 Å². The van der Waals surface area contributed by atoms with E-state index in [1.54, 1.807) is 11.3 Å². The zero-order valence-electron chi connectivity index (χ0n) is 10.1. The van der Waals surface area contributed by atoms with E-state index in [2.05, 4.69) is 18.0 Å². The Balaban J connectivity index is 1.92. The van der Waals surface area contributed by atoms with Crippen molar-refractivity contribution in [2.45, 2.75) is 32.2 Å². The van der Waals surface area contributed by atoms with Crippen molar-refractivity contribution < 1.29 is 4.79 Å². The van der Waals surface area contributed by atoms with Crippen molar-refractivity contribution in [1.82, 2.24) is 4.90 Å². The molecular formula is C13H18ClNOS. The fourth-order valence-corrected chi connectivity index (χ4v) is 3.86. The lowest BCUT2D eigenvalue weighted by molar-refractivity contribution is -0.116. The van der Waals surface area contributed by atoms with Crippen LogP contribution in [0.25, 0.3) is 0 Å². The maximum atomic E-state index is 11.3. The molecule has 1 aromatic rings. The average molecular weight is 272 g/mol. The molecule has 0 aliphatic heterocycles. The van der Waals surface area contributed by atoms with Crippen LogP contribution in [0.4, 0.5) is 0 Å². The van der Waals surface area contributed by atoms with Gasteiger partial charge in [0.05, 0.1) is 4.34 Å². The number of carbonyl (C=O) groups excluding carboxylic acids is 1. The Morgan fingerprint density at radius 3 is 2.71 bits per heavy atom. The summed E-state index contributed by atoms with van der Waals surface area (Å²) in [6.45, 7) is 1.75. The standard InChI is InChI=1S/C13H18ClNOS/c1-15(8-11-4-5-12(14)17-11)9-13(10-16)6-2-3-7-13/h4-5,10H,2-3,6-9H2,1H3. The maximum Gasteiger partial charge on any atom is 0.127 e. The van der Waals surface area contributed by atoms with Gasteiger partial charge in [0.1, 0.15) is 6.29 Å². The van der Waals surface area contributed by atoms with Crippen molar-refractivity contribution >= 4 is 29.2 Å². The van der Waals surface area contributed by atoms with Gasteiger partial charge in [-0.2, -0.15) is 0 Å². The molecule has 1 fully saturated rings. The first-order valence-corrected chi connectivity index (χ1v) is 7.22. The summed E-state index contributed by atoms with van der Waals surface area (Å²) < 4.78 is 0.833. The summed E-state index contributed by atoms with van der Waals surface area (Å²) in [5.74, 6) is 0. The van der Waals surface area contributed by atoms with Crippen LogP contribution in [0.15, 0.2) is 12.1 Å². The number of nitrogens with zero attached hydrogens (tertiary/aromatic N) is 1. The predicted octanol–water partition coefficient (Wildman–Crippen LogP) is 3.59. The third-order valence-electron chi connectivity index (χ3n) is 3.49. The number of rotatable bonds is 5.